The van der Waals surface area contributed by atoms with Gasteiger partial charge in [0.1, 0.15) is 11.6 Å². The Labute approximate surface area is 187 Å². The first-order chi connectivity index (χ1) is 15.7. The number of aromatic nitrogens is 3. The number of amides is 1. The smallest absolute Gasteiger partial charge is 0.490 e. The second-order valence-corrected chi connectivity index (χ2v) is 7.22. The Hall–Kier alpha value is -3.89. The molecule has 1 aliphatic rings. The highest BCUT2D eigenvalue weighted by molar-refractivity contribution is 5.94. The van der Waals surface area contributed by atoms with Crippen LogP contribution in [-0.2, 0) is 17.9 Å². The zero-order valence-corrected chi connectivity index (χ0v) is 17.4. The number of ether oxygens (including phenoxy) is 1. The number of carbonyl (C=O) groups excluding carboxylic acids is 1. The largest absolute Gasteiger partial charge is 0.492 e. The minimum Gasteiger partial charge on any atom is -0.492 e. The van der Waals surface area contributed by atoms with Crippen LogP contribution in [0.4, 0.5) is 13.2 Å². The molecule has 1 N–H and O–H groups in total. The summed E-state index contributed by atoms with van der Waals surface area (Å²) >= 11 is 0. The van der Waals surface area contributed by atoms with Crippen LogP contribution in [-0.4, -0.2) is 55.7 Å². The maximum Gasteiger partial charge on any atom is 0.490 e. The number of rotatable bonds is 4. The van der Waals surface area contributed by atoms with E-state index in [0.717, 1.165) is 18.1 Å². The van der Waals surface area contributed by atoms with Crippen molar-refractivity contribution < 1.29 is 32.6 Å². The Balaban J connectivity index is 0.000000383. The molecule has 1 aromatic carbocycles. The lowest BCUT2D eigenvalue weighted by atomic mass is 10.1. The molecule has 0 aliphatic carbocycles. The summed E-state index contributed by atoms with van der Waals surface area (Å²) in [7, 11) is 0. The number of carbonyl (C=O) groups is 2. The summed E-state index contributed by atoms with van der Waals surface area (Å²) in [4.78, 5) is 32.2. The average Bonchev–Trinajstić information content (AvgIpc) is 3.16. The van der Waals surface area contributed by atoms with E-state index in [4.69, 9.17) is 14.6 Å². The van der Waals surface area contributed by atoms with Crippen molar-refractivity contribution in [1.82, 2.24) is 19.4 Å². The molecule has 8 nitrogen and oxygen atoms in total. The van der Waals surface area contributed by atoms with E-state index in [2.05, 4.69) is 14.5 Å². The van der Waals surface area contributed by atoms with Crippen LogP contribution >= 0.6 is 0 Å². The first-order valence-corrected chi connectivity index (χ1v) is 9.91. The number of benzene rings is 1. The molecule has 11 heteroatoms. The van der Waals surface area contributed by atoms with Gasteiger partial charge in [0.05, 0.1) is 19.3 Å². The molecule has 0 bridgehead atoms. The van der Waals surface area contributed by atoms with Crippen LogP contribution < -0.4 is 4.74 Å². The van der Waals surface area contributed by atoms with Crippen molar-refractivity contribution in [2.75, 3.05) is 13.2 Å². The molecule has 1 aliphatic heterocycles. The number of carboxylic acid groups (broad SMARTS) is 1. The minimum atomic E-state index is -5.08. The Morgan fingerprint density at radius 2 is 1.82 bits per heavy atom. The molecule has 1 amide bonds. The number of alkyl halides is 3. The van der Waals surface area contributed by atoms with Gasteiger partial charge in [-0.1, -0.05) is 18.2 Å². The van der Waals surface area contributed by atoms with Crippen molar-refractivity contribution in [1.29, 1.82) is 0 Å². The number of hydrogen-bond acceptors (Lipinski definition) is 5. The van der Waals surface area contributed by atoms with Crippen LogP contribution in [0.25, 0.3) is 0 Å². The first kappa shape index (κ1) is 23.8. The predicted molar refractivity (Wildman–Crippen MR) is 110 cm³/mol. The quantitative estimate of drug-likeness (QED) is 0.639. The lowest BCUT2D eigenvalue weighted by Crippen LogP contribution is -2.35. The SMILES string of the molecule is O=C(O)C(F)(F)F.O=C(c1ccccc1)N1Cc2nccn2CC(COc2cccnc2)C1. The molecule has 1 atom stereocenters. The first-order valence-electron chi connectivity index (χ1n) is 9.91. The van der Waals surface area contributed by atoms with Gasteiger partial charge in [0.25, 0.3) is 5.91 Å². The Kier molecular flexibility index (Phi) is 7.65. The maximum atomic E-state index is 12.9. The van der Waals surface area contributed by atoms with E-state index in [9.17, 15) is 18.0 Å². The van der Waals surface area contributed by atoms with Gasteiger partial charge in [-0.05, 0) is 24.3 Å². The van der Waals surface area contributed by atoms with Crippen molar-refractivity contribution in [3.63, 3.8) is 0 Å². The summed E-state index contributed by atoms with van der Waals surface area (Å²) in [5, 5.41) is 7.12. The highest BCUT2D eigenvalue weighted by atomic mass is 19.4. The van der Waals surface area contributed by atoms with E-state index in [-0.39, 0.29) is 11.8 Å². The number of imidazole rings is 1. The van der Waals surface area contributed by atoms with E-state index < -0.39 is 12.1 Å². The van der Waals surface area contributed by atoms with Gasteiger partial charge in [0, 0.05) is 43.2 Å². The summed E-state index contributed by atoms with van der Waals surface area (Å²) in [6.45, 7) is 2.41. The van der Waals surface area contributed by atoms with Gasteiger partial charge in [-0.2, -0.15) is 13.2 Å². The molecule has 1 unspecified atom stereocenters. The number of hydrogen-bond donors (Lipinski definition) is 1. The van der Waals surface area contributed by atoms with Crippen molar-refractivity contribution in [2.24, 2.45) is 5.92 Å². The predicted octanol–water partition coefficient (Wildman–Crippen LogP) is 3.26. The van der Waals surface area contributed by atoms with Gasteiger partial charge >= 0.3 is 12.1 Å². The van der Waals surface area contributed by atoms with Gasteiger partial charge in [0.2, 0.25) is 0 Å². The zero-order valence-electron chi connectivity index (χ0n) is 17.4. The molecule has 0 spiro atoms. The van der Waals surface area contributed by atoms with Gasteiger partial charge in [-0.25, -0.2) is 9.78 Å². The summed E-state index contributed by atoms with van der Waals surface area (Å²) in [5.74, 6) is -0.930. The van der Waals surface area contributed by atoms with Crippen LogP contribution in [0.2, 0.25) is 0 Å². The van der Waals surface area contributed by atoms with Crippen LogP contribution in [0.1, 0.15) is 16.2 Å². The van der Waals surface area contributed by atoms with E-state index in [1.807, 2.05) is 53.6 Å². The molecular formula is C22H21F3N4O4. The molecule has 0 fully saturated rings. The van der Waals surface area contributed by atoms with Crippen LogP contribution in [0, 0.1) is 5.92 Å². The van der Waals surface area contributed by atoms with Crippen molar-refractivity contribution in [3.05, 3.63) is 78.6 Å². The third-order valence-electron chi connectivity index (χ3n) is 4.74. The van der Waals surface area contributed by atoms with Gasteiger partial charge < -0.3 is 19.3 Å². The molecule has 33 heavy (non-hydrogen) atoms. The molecule has 0 radical (unpaired) electrons. The topological polar surface area (TPSA) is 97.6 Å². The third-order valence-corrected chi connectivity index (χ3v) is 4.74. The fourth-order valence-electron chi connectivity index (χ4n) is 3.21. The van der Waals surface area contributed by atoms with E-state index in [0.29, 0.717) is 25.3 Å². The molecule has 2 aromatic heterocycles. The van der Waals surface area contributed by atoms with E-state index in [1.165, 1.54) is 0 Å². The number of aliphatic carboxylic acids is 1. The van der Waals surface area contributed by atoms with Crippen molar-refractivity contribution in [2.45, 2.75) is 19.3 Å². The normalized spacial score (nSPS) is 15.5. The fraction of sp³-hybridized carbons (Fsp3) is 0.273. The lowest BCUT2D eigenvalue weighted by molar-refractivity contribution is -0.192. The highest BCUT2D eigenvalue weighted by Gasteiger charge is 2.38. The van der Waals surface area contributed by atoms with Crippen molar-refractivity contribution >= 4 is 11.9 Å². The van der Waals surface area contributed by atoms with Gasteiger partial charge in [0.15, 0.2) is 0 Å². The summed E-state index contributed by atoms with van der Waals surface area (Å²) in [5.41, 5.74) is 0.694. The van der Waals surface area contributed by atoms with Gasteiger partial charge in [-0.15, -0.1) is 0 Å². The van der Waals surface area contributed by atoms with E-state index in [1.54, 1.807) is 18.6 Å². The summed E-state index contributed by atoms with van der Waals surface area (Å²) in [6, 6.07) is 13.1. The molecule has 3 heterocycles. The standard InChI is InChI=1S/C20H20N4O2.C2HF3O2/c25-20(17-5-2-1-3-6-17)24-13-16(12-23-10-9-22-19(23)14-24)15-26-18-7-4-8-21-11-18;3-2(4,5)1(6)7/h1-11,16H,12-15H2;(H,6,7). The summed E-state index contributed by atoms with van der Waals surface area (Å²) < 4.78 is 39.7. The Bertz CT molecular complexity index is 1060. The summed E-state index contributed by atoms with van der Waals surface area (Å²) in [6.07, 6.45) is 2.08. The Morgan fingerprint density at radius 1 is 1.09 bits per heavy atom. The van der Waals surface area contributed by atoms with E-state index >= 15 is 0 Å². The second kappa shape index (κ2) is 10.6. The molecular weight excluding hydrogens is 441 g/mol. The number of nitrogens with zero attached hydrogens (tertiary/aromatic N) is 4. The third kappa shape index (κ3) is 6.79. The number of carboxylic acids is 1. The average molecular weight is 462 g/mol. The molecule has 4 rings (SSSR count). The number of pyridine rings is 1. The van der Waals surface area contributed by atoms with Crippen LogP contribution in [0.5, 0.6) is 5.75 Å². The Morgan fingerprint density at radius 3 is 2.45 bits per heavy atom. The number of halogens is 3. The van der Waals surface area contributed by atoms with Crippen molar-refractivity contribution in [3.8, 4) is 5.75 Å². The molecule has 0 saturated heterocycles. The monoisotopic (exact) mass is 462 g/mol. The molecule has 174 valence electrons. The van der Waals surface area contributed by atoms with Crippen LogP contribution in [0.15, 0.2) is 67.3 Å². The lowest BCUT2D eigenvalue weighted by Gasteiger charge is -2.24. The fourth-order valence-corrected chi connectivity index (χ4v) is 3.21. The zero-order chi connectivity index (χ0) is 23.8. The molecule has 0 saturated carbocycles. The maximum absolute atomic E-state index is 12.9. The minimum absolute atomic E-state index is 0.0217. The van der Waals surface area contributed by atoms with Gasteiger partial charge in [-0.3, -0.25) is 9.78 Å². The highest BCUT2D eigenvalue weighted by Crippen LogP contribution is 2.19. The second-order valence-electron chi connectivity index (χ2n) is 7.22. The van der Waals surface area contributed by atoms with Crippen LogP contribution in [0.3, 0.4) is 0 Å². The number of fused-ring (bicyclic) bond motifs is 1. The molecule has 3 aromatic rings.